The maximum atomic E-state index is 5.82. The monoisotopic (exact) mass is 188 g/mol. The molecule has 0 aromatic carbocycles. The molecule has 2 atom stereocenters. The Labute approximate surface area is 81.2 Å². The zero-order chi connectivity index (χ0) is 9.95. The summed E-state index contributed by atoms with van der Waals surface area (Å²) in [6.07, 6.45) is 3.56. The number of ether oxygens (including phenoxy) is 1. The minimum absolute atomic E-state index is 0.151. The summed E-state index contributed by atoms with van der Waals surface area (Å²) in [5, 5.41) is 0. The number of hydroxylamine groups is 3. The van der Waals surface area contributed by atoms with E-state index in [1.165, 1.54) is 12.8 Å². The van der Waals surface area contributed by atoms with Gasteiger partial charge in [-0.2, -0.15) is 4.65 Å². The zero-order valence-corrected chi connectivity index (χ0v) is 9.30. The second-order valence-corrected chi connectivity index (χ2v) is 4.07. The third-order valence-electron chi connectivity index (χ3n) is 3.33. The minimum Gasteiger partial charge on any atom is -0.325 e. The Morgan fingerprint density at radius 1 is 1.38 bits per heavy atom. The number of rotatable bonds is 3. The average molecular weight is 188 g/mol. The fourth-order valence-electron chi connectivity index (χ4n) is 2.14. The standard InChI is InChI=1S/C10H22NO2/c1-5-13-10(2)8-6-7-9-11(10,3)12-4/h5-9H2,1-4H3/q+1. The summed E-state index contributed by atoms with van der Waals surface area (Å²) in [4.78, 5) is 5.56. The summed E-state index contributed by atoms with van der Waals surface area (Å²) >= 11 is 0. The van der Waals surface area contributed by atoms with Gasteiger partial charge in [0.25, 0.3) is 0 Å². The van der Waals surface area contributed by atoms with Crippen LogP contribution < -0.4 is 0 Å². The van der Waals surface area contributed by atoms with E-state index in [4.69, 9.17) is 9.57 Å². The quantitative estimate of drug-likeness (QED) is 0.630. The smallest absolute Gasteiger partial charge is 0.229 e. The Morgan fingerprint density at radius 3 is 2.62 bits per heavy atom. The van der Waals surface area contributed by atoms with E-state index in [9.17, 15) is 0 Å². The molecular weight excluding hydrogens is 166 g/mol. The first-order valence-corrected chi connectivity index (χ1v) is 5.13. The van der Waals surface area contributed by atoms with Crippen molar-refractivity contribution in [1.82, 2.24) is 0 Å². The highest BCUT2D eigenvalue weighted by Crippen LogP contribution is 2.34. The van der Waals surface area contributed by atoms with Crippen molar-refractivity contribution >= 4 is 0 Å². The normalized spacial score (nSPS) is 40.6. The molecule has 0 saturated carbocycles. The summed E-state index contributed by atoms with van der Waals surface area (Å²) in [6, 6.07) is 0. The van der Waals surface area contributed by atoms with Gasteiger partial charge in [-0.05, 0) is 19.8 Å². The van der Waals surface area contributed by atoms with Crippen molar-refractivity contribution in [3.63, 3.8) is 0 Å². The fourth-order valence-corrected chi connectivity index (χ4v) is 2.14. The molecule has 0 aliphatic carbocycles. The first-order valence-electron chi connectivity index (χ1n) is 5.13. The lowest BCUT2D eigenvalue weighted by Crippen LogP contribution is -2.63. The predicted octanol–water partition coefficient (Wildman–Crippen LogP) is 1.93. The number of likely N-dealkylation sites (tertiary alicyclic amines) is 1. The van der Waals surface area contributed by atoms with Gasteiger partial charge >= 0.3 is 0 Å². The molecule has 0 bridgehead atoms. The Kier molecular flexibility index (Phi) is 3.33. The number of nitrogens with zero attached hydrogens (tertiary/aromatic N) is 1. The van der Waals surface area contributed by atoms with E-state index in [1.807, 2.05) is 6.92 Å². The fraction of sp³-hybridized carbons (Fsp3) is 1.00. The van der Waals surface area contributed by atoms with Crippen molar-refractivity contribution < 1.29 is 14.2 Å². The molecular formula is C10H22NO2+. The first kappa shape index (κ1) is 11.0. The van der Waals surface area contributed by atoms with Crippen LogP contribution in [-0.2, 0) is 9.57 Å². The largest absolute Gasteiger partial charge is 0.325 e. The maximum Gasteiger partial charge on any atom is 0.229 e. The molecule has 0 amide bonds. The SMILES string of the molecule is CCOC1(C)CCCC[N+]1(C)OC. The Balaban J connectivity index is 2.76. The highest BCUT2D eigenvalue weighted by atomic mass is 16.7. The lowest BCUT2D eigenvalue weighted by atomic mass is 10.00. The molecule has 1 aliphatic rings. The van der Waals surface area contributed by atoms with Gasteiger partial charge in [-0.15, -0.1) is 0 Å². The van der Waals surface area contributed by atoms with Gasteiger partial charge in [0, 0.05) is 13.3 Å². The van der Waals surface area contributed by atoms with Crippen molar-refractivity contribution in [3.8, 4) is 0 Å². The number of hydrogen-bond acceptors (Lipinski definition) is 2. The van der Waals surface area contributed by atoms with E-state index in [1.54, 1.807) is 7.11 Å². The molecule has 13 heavy (non-hydrogen) atoms. The van der Waals surface area contributed by atoms with E-state index in [-0.39, 0.29) is 5.72 Å². The van der Waals surface area contributed by atoms with Gasteiger partial charge in [0.05, 0.1) is 13.7 Å². The van der Waals surface area contributed by atoms with E-state index in [0.717, 1.165) is 19.6 Å². The predicted molar refractivity (Wildman–Crippen MR) is 51.9 cm³/mol. The molecule has 0 aromatic rings. The van der Waals surface area contributed by atoms with E-state index < -0.39 is 0 Å². The Morgan fingerprint density at radius 2 is 2.08 bits per heavy atom. The second-order valence-electron chi connectivity index (χ2n) is 4.07. The molecule has 3 heteroatoms. The van der Waals surface area contributed by atoms with E-state index in [0.29, 0.717) is 4.65 Å². The molecule has 1 heterocycles. The lowest BCUT2D eigenvalue weighted by Gasteiger charge is -2.47. The summed E-state index contributed by atoms with van der Waals surface area (Å²) in [5.74, 6) is 0. The Bertz CT molecular complexity index is 170. The van der Waals surface area contributed by atoms with Gasteiger partial charge in [0.1, 0.15) is 13.6 Å². The van der Waals surface area contributed by atoms with Crippen LogP contribution in [0.1, 0.15) is 33.1 Å². The van der Waals surface area contributed by atoms with Crippen LogP contribution in [0, 0.1) is 0 Å². The average Bonchev–Trinajstić information content (AvgIpc) is 2.11. The molecule has 1 fully saturated rings. The molecule has 3 nitrogen and oxygen atoms in total. The number of quaternary nitrogens is 1. The topological polar surface area (TPSA) is 18.5 Å². The lowest BCUT2D eigenvalue weighted by molar-refractivity contribution is -1.14. The van der Waals surface area contributed by atoms with Crippen molar-refractivity contribution in [1.29, 1.82) is 0 Å². The summed E-state index contributed by atoms with van der Waals surface area (Å²) < 4.78 is 6.41. The summed E-state index contributed by atoms with van der Waals surface area (Å²) in [5.41, 5.74) is -0.151. The second kappa shape index (κ2) is 3.95. The van der Waals surface area contributed by atoms with Crippen LogP contribution in [0.3, 0.4) is 0 Å². The van der Waals surface area contributed by atoms with Crippen molar-refractivity contribution in [3.05, 3.63) is 0 Å². The molecule has 0 N–H and O–H groups in total. The van der Waals surface area contributed by atoms with Gasteiger partial charge < -0.3 is 4.74 Å². The maximum absolute atomic E-state index is 5.82. The Hall–Kier alpha value is -0.120. The van der Waals surface area contributed by atoms with Crippen LogP contribution in [0.4, 0.5) is 0 Å². The van der Waals surface area contributed by atoms with Gasteiger partial charge in [-0.25, -0.2) is 4.84 Å². The molecule has 1 aliphatic heterocycles. The summed E-state index contributed by atoms with van der Waals surface area (Å²) in [7, 11) is 3.87. The molecule has 2 unspecified atom stereocenters. The van der Waals surface area contributed by atoms with Crippen LogP contribution in [0.25, 0.3) is 0 Å². The van der Waals surface area contributed by atoms with Crippen LogP contribution in [0.5, 0.6) is 0 Å². The minimum atomic E-state index is -0.151. The number of piperidine rings is 1. The van der Waals surface area contributed by atoms with Crippen LogP contribution >= 0.6 is 0 Å². The molecule has 1 rings (SSSR count). The third kappa shape index (κ3) is 1.87. The summed E-state index contributed by atoms with van der Waals surface area (Å²) in [6.45, 7) is 6.00. The van der Waals surface area contributed by atoms with E-state index in [2.05, 4.69) is 14.0 Å². The van der Waals surface area contributed by atoms with E-state index >= 15 is 0 Å². The molecule has 0 radical (unpaired) electrons. The molecule has 0 spiro atoms. The van der Waals surface area contributed by atoms with Gasteiger partial charge in [0.15, 0.2) is 0 Å². The molecule has 1 saturated heterocycles. The zero-order valence-electron chi connectivity index (χ0n) is 9.30. The molecule has 78 valence electrons. The van der Waals surface area contributed by atoms with Crippen LogP contribution in [0.15, 0.2) is 0 Å². The van der Waals surface area contributed by atoms with Crippen LogP contribution in [0.2, 0.25) is 0 Å². The van der Waals surface area contributed by atoms with Crippen molar-refractivity contribution in [2.75, 3.05) is 27.3 Å². The molecule has 0 aromatic heterocycles. The van der Waals surface area contributed by atoms with Crippen molar-refractivity contribution in [2.45, 2.75) is 38.8 Å². The van der Waals surface area contributed by atoms with Gasteiger partial charge in [-0.3, -0.25) is 0 Å². The first-order chi connectivity index (χ1) is 6.08. The van der Waals surface area contributed by atoms with Crippen molar-refractivity contribution in [2.24, 2.45) is 0 Å². The van der Waals surface area contributed by atoms with Gasteiger partial charge in [0.2, 0.25) is 5.72 Å². The number of hydrogen-bond donors (Lipinski definition) is 0. The highest BCUT2D eigenvalue weighted by Gasteiger charge is 2.48. The third-order valence-corrected chi connectivity index (χ3v) is 3.33. The van der Waals surface area contributed by atoms with Gasteiger partial charge in [-0.1, -0.05) is 0 Å². The van der Waals surface area contributed by atoms with Crippen LogP contribution in [-0.4, -0.2) is 37.7 Å². The highest BCUT2D eigenvalue weighted by molar-refractivity contribution is 4.67.